The minimum atomic E-state index is -0.581. The Balaban J connectivity index is 2.18. The summed E-state index contributed by atoms with van der Waals surface area (Å²) in [5.41, 5.74) is 0.524. The lowest BCUT2D eigenvalue weighted by Crippen LogP contribution is -2.39. The quantitative estimate of drug-likeness (QED) is 0.714. The van der Waals surface area contributed by atoms with E-state index in [1.54, 1.807) is 0 Å². The number of ether oxygens (including phenoxy) is 3. The first kappa shape index (κ1) is 21.7. The number of hydrogen-bond acceptors (Lipinski definition) is 5. The number of benzene rings is 1. The van der Waals surface area contributed by atoms with Crippen LogP contribution in [0.4, 0.5) is 0 Å². The normalized spacial score (nSPS) is 23.8. The molecule has 1 saturated heterocycles. The summed E-state index contributed by atoms with van der Waals surface area (Å²) in [6.45, 7) is 5.90. The van der Waals surface area contributed by atoms with Gasteiger partial charge in [0, 0.05) is 5.02 Å². The second-order valence-corrected chi connectivity index (χ2v) is 8.44. The van der Waals surface area contributed by atoms with Crippen LogP contribution in [0.2, 0.25) is 5.02 Å². The maximum atomic E-state index is 12.8. The van der Waals surface area contributed by atoms with E-state index in [4.69, 9.17) is 25.8 Å². The summed E-state index contributed by atoms with van der Waals surface area (Å²) in [4.78, 5) is 24.7. The molecule has 1 aliphatic rings. The standard InChI is InChI=1S/C21H29ClO5/c1-21(2,3)27-19(23)17-6-5-7-18(20(24)25-4)26-13-15(17)12-14-8-10-16(22)11-9-14/h8-11,15,17-18H,5-7,12-13H2,1-4H3/t15-,17?,18+/m0/s1. The molecule has 0 spiro atoms. The molecule has 1 aromatic carbocycles. The van der Waals surface area contributed by atoms with Crippen LogP contribution in [0.15, 0.2) is 24.3 Å². The van der Waals surface area contributed by atoms with Gasteiger partial charge < -0.3 is 14.2 Å². The lowest BCUT2D eigenvalue weighted by atomic mass is 9.82. The van der Waals surface area contributed by atoms with E-state index in [0.29, 0.717) is 37.3 Å². The third-order valence-electron chi connectivity index (χ3n) is 4.65. The van der Waals surface area contributed by atoms with Gasteiger partial charge in [-0.15, -0.1) is 0 Å². The Morgan fingerprint density at radius 3 is 2.41 bits per heavy atom. The summed E-state index contributed by atoms with van der Waals surface area (Å²) in [6, 6.07) is 7.57. The lowest BCUT2D eigenvalue weighted by Gasteiger charge is -2.32. The van der Waals surface area contributed by atoms with Gasteiger partial charge in [0.1, 0.15) is 5.60 Å². The summed E-state index contributed by atoms with van der Waals surface area (Å²) in [5.74, 6) is -0.940. The maximum Gasteiger partial charge on any atom is 0.334 e. The van der Waals surface area contributed by atoms with Gasteiger partial charge in [-0.25, -0.2) is 4.79 Å². The molecular formula is C21H29ClO5. The fourth-order valence-electron chi connectivity index (χ4n) is 3.33. The van der Waals surface area contributed by atoms with Crippen molar-refractivity contribution in [1.29, 1.82) is 0 Å². The molecule has 1 heterocycles. The number of halogens is 1. The molecule has 1 unspecified atom stereocenters. The SMILES string of the molecule is COC(=O)[C@H]1CCCC(C(=O)OC(C)(C)C)[C@@H](Cc2ccc(Cl)cc2)CO1. The molecule has 0 aromatic heterocycles. The Bertz CT molecular complexity index is 635. The molecule has 3 atom stereocenters. The third-order valence-corrected chi connectivity index (χ3v) is 4.90. The zero-order chi connectivity index (χ0) is 20.0. The summed E-state index contributed by atoms with van der Waals surface area (Å²) >= 11 is 5.97. The zero-order valence-electron chi connectivity index (χ0n) is 16.5. The first-order valence-corrected chi connectivity index (χ1v) is 9.74. The molecule has 1 aliphatic heterocycles. The van der Waals surface area contributed by atoms with Crippen LogP contribution in [-0.4, -0.2) is 37.4 Å². The first-order valence-electron chi connectivity index (χ1n) is 9.36. The van der Waals surface area contributed by atoms with Crippen LogP contribution < -0.4 is 0 Å². The van der Waals surface area contributed by atoms with Crippen LogP contribution in [0.25, 0.3) is 0 Å². The highest BCUT2D eigenvalue weighted by molar-refractivity contribution is 6.30. The molecule has 27 heavy (non-hydrogen) atoms. The molecule has 2 rings (SSSR count). The van der Waals surface area contributed by atoms with Crippen LogP contribution in [0.1, 0.15) is 45.6 Å². The van der Waals surface area contributed by atoms with E-state index < -0.39 is 11.7 Å². The van der Waals surface area contributed by atoms with E-state index in [1.807, 2.05) is 45.0 Å². The Labute approximate surface area is 166 Å². The van der Waals surface area contributed by atoms with E-state index in [1.165, 1.54) is 7.11 Å². The molecule has 0 aliphatic carbocycles. The lowest BCUT2D eigenvalue weighted by molar-refractivity contribution is -0.167. The van der Waals surface area contributed by atoms with E-state index in [-0.39, 0.29) is 23.8 Å². The van der Waals surface area contributed by atoms with Gasteiger partial charge in [0.2, 0.25) is 0 Å². The Morgan fingerprint density at radius 2 is 1.81 bits per heavy atom. The van der Waals surface area contributed by atoms with Crippen molar-refractivity contribution < 1.29 is 23.8 Å². The third kappa shape index (κ3) is 6.82. The van der Waals surface area contributed by atoms with Gasteiger partial charge in [-0.1, -0.05) is 23.7 Å². The second kappa shape index (κ2) is 9.56. The van der Waals surface area contributed by atoms with Crippen molar-refractivity contribution in [3.63, 3.8) is 0 Å². The zero-order valence-corrected chi connectivity index (χ0v) is 17.3. The summed E-state index contributed by atoms with van der Waals surface area (Å²) < 4.78 is 16.3. The van der Waals surface area contributed by atoms with Gasteiger partial charge in [-0.2, -0.15) is 0 Å². The molecular weight excluding hydrogens is 368 g/mol. The molecule has 150 valence electrons. The van der Waals surface area contributed by atoms with Gasteiger partial charge >= 0.3 is 11.9 Å². The number of rotatable bonds is 4. The molecule has 0 amide bonds. The minimum Gasteiger partial charge on any atom is -0.467 e. The molecule has 0 saturated carbocycles. The fourth-order valence-corrected chi connectivity index (χ4v) is 3.45. The Kier molecular flexibility index (Phi) is 7.68. The first-order chi connectivity index (χ1) is 12.7. The van der Waals surface area contributed by atoms with E-state index >= 15 is 0 Å². The molecule has 1 fully saturated rings. The van der Waals surface area contributed by atoms with E-state index in [9.17, 15) is 9.59 Å². The van der Waals surface area contributed by atoms with Crippen molar-refractivity contribution in [2.45, 2.75) is 58.2 Å². The van der Waals surface area contributed by atoms with Crippen molar-refractivity contribution in [3.05, 3.63) is 34.9 Å². The van der Waals surface area contributed by atoms with Gasteiger partial charge in [0.15, 0.2) is 6.10 Å². The monoisotopic (exact) mass is 396 g/mol. The van der Waals surface area contributed by atoms with Gasteiger partial charge in [-0.05, 0) is 70.1 Å². The van der Waals surface area contributed by atoms with Crippen molar-refractivity contribution in [2.75, 3.05) is 13.7 Å². The topological polar surface area (TPSA) is 61.8 Å². The Morgan fingerprint density at radius 1 is 1.15 bits per heavy atom. The van der Waals surface area contributed by atoms with Crippen molar-refractivity contribution in [2.24, 2.45) is 11.8 Å². The maximum absolute atomic E-state index is 12.8. The largest absolute Gasteiger partial charge is 0.467 e. The highest BCUT2D eigenvalue weighted by Crippen LogP contribution is 2.30. The van der Waals surface area contributed by atoms with Crippen molar-refractivity contribution in [1.82, 2.24) is 0 Å². The molecule has 1 aromatic rings. The summed E-state index contributed by atoms with van der Waals surface area (Å²) in [6.07, 6.45) is 1.96. The highest BCUT2D eigenvalue weighted by atomic mass is 35.5. The number of esters is 2. The predicted molar refractivity (Wildman–Crippen MR) is 104 cm³/mol. The average Bonchev–Trinajstić information content (AvgIpc) is 2.57. The van der Waals surface area contributed by atoms with E-state index in [2.05, 4.69) is 0 Å². The predicted octanol–water partition coefficient (Wildman–Crippen LogP) is 4.20. The number of carbonyl (C=O) groups is 2. The number of carbonyl (C=O) groups excluding carboxylic acids is 2. The Hall–Kier alpha value is -1.59. The summed E-state index contributed by atoms with van der Waals surface area (Å²) in [7, 11) is 1.36. The summed E-state index contributed by atoms with van der Waals surface area (Å²) in [5, 5.41) is 0.669. The smallest absolute Gasteiger partial charge is 0.334 e. The second-order valence-electron chi connectivity index (χ2n) is 8.01. The molecule has 5 nitrogen and oxygen atoms in total. The molecule has 0 bridgehead atoms. The van der Waals surface area contributed by atoms with Crippen LogP contribution >= 0.6 is 11.6 Å². The molecule has 0 N–H and O–H groups in total. The number of methoxy groups -OCH3 is 1. The van der Waals surface area contributed by atoms with Crippen LogP contribution in [0, 0.1) is 11.8 Å². The van der Waals surface area contributed by atoms with Crippen LogP contribution in [0.3, 0.4) is 0 Å². The van der Waals surface area contributed by atoms with Gasteiger partial charge in [-0.3, -0.25) is 4.79 Å². The van der Waals surface area contributed by atoms with Gasteiger partial charge in [0.05, 0.1) is 19.6 Å². The number of hydrogen-bond donors (Lipinski definition) is 0. The molecule has 6 heteroatoms. The van der Waals surface area contributed by atoms with Gasteiger partial charge in [0.25, 0.3) is 0 Å². The fraction of sp³-hybridized carbons (Fsp3) is 0.619. The highest BCUT2D eigenvalue weighted by Gasteiger charge is 2.35. The molecule has 0 radical (unpaired) electrons. The van der Waals surface area contributed by atoms with E-state index in [0.717, 1.165) is 5.56 Å². The minimum absolute atomic E-state index is 0.0894. The van der Waals surface area contributed by atoms with Crippen molar-refractivity contribution >= 4 is 23.5 Å². The van der Waals surface area contributed by atoms with Crippen molar-refractivity contribution in [3.8, 4) is 0 Å². The van der Waals surface area contributed by atoms with Crippen LogP contribution in [0.5, 0.6) is 0 Å². The van der Waals surface area contributed by atoms with Crippen LogP contribution in [-0.2, 0) is 30.2 Å². The average molecular weight is 397 g/mol.